The molecule has 2 rings (SSSR count). The third kappa shape index (κ3) is 2.31. The molecular formula is C13H13BrN2O2. The standard InChI is InChI=1S/C13H13BrN2O2/c1-7-9(6-12(17)18)13(15-2)10-5-8(14)3-4-11(10)16-7/h3-5H,6H2,1-2H3,(H,15,16)(H,17,18). The van der Waals surface area contributed by atoms with E-state index in [-0.39, 0.29) is 6.42 Å². The van der Waals surface area contributed by atoms with E-state index in [1.165, 1.54) is 0 Å². The Labute approximate surface area is 113 Å². The summed E-state index contributed by atoms with van der Waals surface area (Å²) in [4.78, 5) is 15.4. The fourth-order valence-corrected chi connectivity index (χ4v) is 2.41. The van der Waals surface area contributed by atoms with Crippen LogP contribution in [0.3, 0.4) is 0 Å². The van der Waals surface area contributed by atoms with Crippen molar-refractivity contribution >= 4 is 38.5 Å². The molecule has 0 atom stereocenters. The second-order valence-corrected chi connectivity index (χ2v) is 4.95. The van der Waals surface area contributed by atoms with Crippen LogP contribution in [0.1, 0.15) is 11.3 Å². The first kappa shape index (κ1) is 12.8. The summed E-state index contributed by atoms with van der Waals surface area (Å²) >= 11 is 3.42. The molecular weight excluding hydrogens is 296 g/mol. The number of benzene rings is 1. The monoisotopic (exact) mass is 308 g/mol. The van der Waals surface area contributed by atoms with E-state index in [0.717, 1.165) is 32.3 Å². The molecule has 18 heavy (non-hydrogen) atoms. The van der Waals surface area contributed by atoms with Crippen LogP contribution in [-0.4, -0.2) is 23.1 Å². The second-order valence-electron chi connectivity index (χ2n) is 4.03. The molecule has 94 valence electrons. The number of carboxylic acids is 1. The summed E-state index contributed by atoms with van der Waals surface area (Å²) in [5.41, 5.74) is 3.17. The summed E-state index contributed by atoms with van der Waals surface area (Å²) in [6, 6.07) is 5.78. The SMILES string of the molecule is CNc1c(CC(=O)O)c(C)nc2ccc(Br)cc12. The fraction of sp³-hybridized carbons (Fsp3) is 0.231. The maximum Gasteiger partial charge on any atom is 0.307 e. The van der Waals surface area contributed by atoms with Gasteiger partial charge in [0.1, 0.15) is 0 Å². The smallest absolute Gasteiger partial charge is 0.307 e. The average molecular weight is 309 g/mol. The number of fused-ring (bicyclic) bond motifs is 1. The van der Waals surface area contributed by atoms with Crippen LogP contribution in [0.15, 0.2) is 22.7 Å². The van der Waals surface area contributed by atoms with Crippen LogP contribution >= 0.6 is 15.9 Å². The summed E-state index contributed by atoms with van der Waals surface area (Å²) in [6.07, 6.45) is -0.0303. The number of aromatic nitrogens is 1. The summed E-state index contributed by atoms with van der Waals surface area (Å²) < 4.78 is 0.943. The van der Waals surface area contributed by atoms with E-state index in [1.54, 1.807) is 7.05 Å². The number of hydrogen-bond donors (Lipinski definition) is 2. The molecule has 2 aromatic rings. The Balaban J connectivity index is 2.76. The van der Waals surface area contributed by atoms with Crippen LogP contribution in [0.5, 0.6) is 0 Å². The van der Waals surface area contributed by atoms with E-state index < -0.39 is 5.97 Å². The van der Waals surface area contributed by atoms with Gasteiger partial charge in [-0.2, -0.15) is 0 Å². The number of nitrogens with one attached hydrogen (secondary N) is 1. The van der Waals surface area contributed by atoms with Crippen molar-refractivity contribution < 1.29 is 9.90 Å². The van der Waals surface area contributed by atoms with Crippen molar-refractivity contribution in [2.24, 2.45) is 0 Å². The van der Waals surface area contributed by atoms with Gasteiger partial charge in [0.2, 0.25) is 0 Å². The van der Waals surface area contributed by atoms with E-state index in [2.05, 4.69) is 26.2 Å². The quantitative estimate of drug-likeness (QED) is 0.915. The molecule has 0 bridgehead atoms. The van der Waals surface area contributed by atoms with Gasteiger partial charge in [0, 0.05) is 33.9 Å². The molecule has 1 heterocycles. The number of anilines is 1. The highest BCUT2D eigenvalue weighted by Gasteiger charge is 2.14. The molecule has 0 saturated carbocycles. The molecule has 1 aromatic carbocycles. The van der Waals surface area contributed by atoms with Crippen LogP contribution in [-0.2, 0) is 11.2 Å². The number of pyridine rings is 1. The van der Waals surface area contributed by atoms with Crippen molar-refractivity contribution in [2.75, 3.05) is 12.4 Å². The number of carboxylic acid groups (broad SMARTS) is 1. The number of rotatable bonds is 3. The van der Waals surface area contributed by atoms with E-state index in [0.29, 0.717) is 0 Å². The lowest BCUT2D eigenvalue weighted by Gasteiger charge is -2.14. The van der Waals surface area contributed by atoms with Crippen LogP contribution in [0.2, 0.25) is 0 Å². The first-order valence-electron chi connectivity index (χ1n) is 5.51. The van der Waals surface area contributed by atoms with Gasteiger partial charge in [-0.3, -0.25) is 9.78 Å². The predicted octanol–water partition coefficient (Wildman–Crippen LogP) is 2.97. The highest BCUT2D eigenvalue weighted by molar-refractivity contribution is 9.10. The molecule has 0 aliphatic carbocycles. The lowest BCUT2D eigenvalue weighted by Crippen LogP contribution is -2.08. The molecule has 0 fully saturated rings. The van der Waals surface area contributed by atoms with Gasteiger partial charge < -0.3 is 10.4 Å². The Morgan fingerprint density at radius 1 is 1.50 bits per heavy atom. The number of hydrogen-bond acceptors (Lipinski definition) is 3. The number of halogens is 1. The normalized spacial score (nSPS) is 10.6. The van der Waals surface area contributed by atoms with Gasteiger partial charge >= 0.3 is 5.97 Å². The van der Waals surface area contributed by atoms with Gasteiger partial charge in [0.25, 0.3) is 0 Å². The highest BCUT2D eigenvalue weighted by Crippen LogP contribution is 2.30. The van der Waals surface area contributed by atoms with Crippen LogP contribution in [0.4, 0.5) is 5.69 Å². The van der Waals surface area contributed by atoms with E-state index in [1.807, 2.05) is 25.1 Å². The number of carbonyl (C=O) groups is 1. The third-order valence-corrected chi connectivity index (χ3v) is 3.33. The largest absolute Gasteiger partial charge is 0.481 e. The molecule has 0 amide bonds. The Morgan fingerprint density at radius 2 is 2.22 bits per heavy atom. The molecule has 0 aliphatic heterocycles. The summed E-state index contributed by atoms with van der Waals surface area (Å²) in [5.74, 6) is -0.856. The fourth-order valence-electron chi connectivity index (χ4n) is 2.05. The maximum absolute atomic E-state index is 10.9. The Kier molecular flexibility index (Phi) is 3.52. The van der Waals surface area contributed by atoms with Crippen molar-refractivity contribution in [3.05, 3.63) is 33.9 Å². The minimum Gasteiger partial charge on any atom is -0.481 e. The first-order valence-corrected chi connectivity index (χ1v) is 6.30. The molecule has 1 aromatic heterocycles. The number of aliphatic carboxylic acids is 1. The minimum atomic E-state index is -0.856. The predicted molar refractivity (Wildman–Crippen MR) is 75.1 cm³/mol. The topological polar surface area (TPSA) is 62.2 Å². The lowest BCUT2D eigenvalue weighted by molar-refractivity contribution is -0.136. The van der Waals surface area contributed by atoms with Crippen molar-refractivity contribution in [1.82, 2.24) is 4.98 Å². The van der Waals surface area contributed by atoms with Crippen molar-refractivity contribution in [3.8, 4) is 0 Å². The van der Waals surface area contributed by atoms with Crippen LogP contribution in [0.25, 0.3) is 10.9 Å². The van der Waals surface area contributed by atoms with Gasteiger partial charge in [0.05, 0.1) is 11.9 Å². The van der Waals surface area contributed by atoms with Crippen molar-refractivity contribution in [2.45, 2.75) is 13.3 Å². The number of aryl methyl sites for hydroxylation is 1. The van der Waals surface area contributed by atoms with Crippen LogP contribution < -0.4 is 5.32 Å². The van der Waals surface area contributed by atoms with E-state index in [9.17, 15) is 4.79 Å². The third-order valence-electron chi connectivity index (χ3n) is 2.83. The Hall–Kier alpha value is -1.62. The molecule has 5 heteroatoms. The van der Waals surface area contributed by atoms with E-state index >= 15 is 0 Å². The molecule has 0 spiro atoms. The lowest BCUT2D eigenvalue weighted by atomic mass is 10.0. The average Bonchev–Trinajstić information content (AvgIpc) is 2.30. The summed E-state index contributed by atoms with van der Waals surface area (Å²) in [5, 5.41) is 13.0. The van der Waals surface area contributed by atoms with Crippen molar-refractivity contribution in [3.63, 3.8) is 0 Å². The molecule has 4 nitrogen and oxygen atoms in total. The molecule has 0 unspecified atom stereocenters. The van der Waals surface area contributed by atoms with Gasteiger partial charge in [-0.05, 0) is 25.1 Å². The van der Waals surface area contributed by atoms with E-state index in [4.69, 9.17) is 5.11 Å². The zero-order valence-corrected chi connectivity index (χ0v) is 11.7. The van der Waals surface area contributed by atoms with Gasteiger partial charge in [-0.1, -0.05) is 15.9 Å². The maximum atomic E-state index is 10.9. The molecule has 0 aliphatic rings. The first-order chi connectivity index (χ1) is 8.52. The van der Waals surface area contributed by atoms with Gasteiger partial charge in [-0.25, -0.2) is 0 Å². The summed E-state index contributed by atoms with van der Waals surface area (Å²) in [6.45, 7) is 1.83. The summed E-state index contributed by atoms with van der Waals surface area (Å²) in [7, 11) is 1.79. The second kappa shape index (κ2) is 4.94. The number of nitrogens with zero attached hydrogens (tertiary/aromatic N) is 1. The van der Waals surface area contributed by atoms with Gasteiger partial charge in [-0.15, -0.1) is 0 Å². The zero-order chi connectivity index (χ0) is 13.3. The van der Waals surface area contributed by atoms with Crippen molar-refractivity contribution in [1.29, 1.82) is 0 Å². The zero-order valence-electron chi connectivity index (χ0n) is 10.1. The minimum absolute atomic E-state index is 0.0303. The molecule has 0 radical (unpaired) electrons. The molecule has 2 N–H and O–H groups in total. The molecule has 0 saturated heterocycles. The van der Waals surface area contributed by atoms with Gasteiger partial charge in [0.15, 0.2) is 0 Å². The Bertz CT molecular complexity index is 626. The Morgan fingerprint density at radius 3 is 2.83 bits per heavy atom. The highest BCUT2D eigenvalue weighted by atomic mass is 79.9. The van der Waals surface area contributed by atoms with Crippen LogP contribution in [0, 0.1) is 6.92 Å².